The number of hydrogen-bond acceptors (Lipinski definition) is 3. The zero-order chi connectivity index (χ0) is 10.3. The van der Waals surface area contributed by atoms with E-state index in [2.05, 4.69) is 26.0 Å². The highest BCUT2D eigenvalue weighted by Gasteiger charge is 2.11. The quantitative estimate of drug-likeness (QED) is 0.772. The number of hydrogen-bond donors (Lipinski definition) is 0. The summed E-state index contributed by atoms with van der Waals surface area (Å²) in [7, 11) is 0. The van der Waals surface area contributed by atoms with Crippen LogP contribution in [-0.2, 0) is 0 Å². The molecule has 5 nitrogen and oxygen atoms in total. The van der Waals surface area contributed by atoms with Gasteiger partial charge in [-0.05, 0) is 29.8 Å². The maximum atomic E-state index is 11.9. The normalized spacial score (nSPS) is 11.4. The van der Waals surface area contributed by atoms with Gasteiger partial charge in [0.05, 0.1) is 0 Å². The Morgan fingerprint density at radius 1 is 1.50 bits per heavy atom. The molecule has 0 atom stereocenters. The fourth-order valence-electron chi connectivity index (χ4n) is 1.31. The van der Waals surface area contributed by atoms with Crippen molar-refractivity contribution in [2.75, 3.05) is 0 Å². The lowest BCUT2D eigenvalue weighted by Gasteiger charge is -2.10. The van der Waals surface area contributed by atoms with Crippen molar-refractivity contribution in [1.82, 2.24) is 19.2 Å². The average molecular weight is 257 g/mol. The van der Waals surface area contributed by atoms with Crippen LogP contribution >= 0.6 is 15.9 Å². The number of halogens is 1. The van der Waals surface area contributed by atoms with Gasteiger partial charge in [0.2, 0.25) is 5.65 Å². The second-order valence-corrected chi connectivity index (χ2v) is 3.94. The van der Waals surface area contributed by atoms with E-state index in [1.54, 1.807) is 17.0 Å². The third-order valence-electron chi connectivity index (χ3n) is 1.94. The number of nitrogens with zero attached hydrogens (tertiary/aromatic N) is 4. The summed E-state index contributed by atoms with van der Waals surface area (Å²) in [6.07, 6.45) is 3.20. The molecule has 0 aliphatic carbocycles. The lowest BCUT2D eigenvalue weighted by Crippen LogP contribution is -2.26. The number of aromatic nitrogens is 4. The highest BCUT2D eigenvalue weighted by Crippen LogP contribution is 2.10. The molecule has 0 fully saturated rings. The van der Waals surface area contributed by atoms with Crippen LogP contribution in [0.5, 0.6) is 0 Å². The van der Waals surface area contributed by atoms with Gasteiger partial charge in [0, 0.05) is 18.4 Å². The molecule has 0 amide bonds. The Morgan fingerprint density at radius 3 is 2.86 bits per heavy atom. The summed E-state index contributed by atoms with van der Waals surface area (Å²) in [5.41, 5.74) is 0.216. The second kappa shape index (κ2) is 3.20. The predicted octanol–water partition coefficient (Wildman–Crippen LogP) is 1.23. The van der Waals surface area contributed by atoms with Gasteiger partial charge in [-0.3, -0.25) is 9.36 Å². The Hall–Kier alpha value is -1.17. The van der Waals surface area contributed by atoms with Gasteiger partial charge in [-0.1, -0.05) is 0 Å². The molecular formula is C8H9BrN4O. The first-order chi connectivity index (χ1) is 6.61. The molecule has 0 N–H and O–H groups in total. The van der Waals surface area contributed by atoms with Crippen molar-refractivity contribution in [3.63, 3.8) is 0 Å². The maximum absolute atomic E-state index is 11.9. The van der Waals surface area contributed by atoms with Crippen molar-refractivity contribution >= 4 is 21.6 Å². The van der Waals surface area contributed by atoms with E-state index in [1.165, 1.54) is 4.52 Å². The molecule has 0 aromatic carbocycles. The number of rotatable bonds is 1. The summed E-state index contributed by atoms with van der Waals surface area (Å²) in [4.78, 5) is 15.8. The number of fused-ring (bicyclic) bond motifs is 1. The van der Waals surface area contributed by atoms with E-state index in [0.717, 1.165) is 0 Å². The summed E-state index contributed by atoms with van der Waals surface area (Å²) in [6, 6.07) is 0.0612. The predicted molar refractivity (Wildman–Crippen MR) is 55.3 cm³/mol. The molecule has 6 heteroatoms. The van der Waals surface area contributed by atoms with Crippen LogP contribution in [-0.4, -0.2) is 19.2 Å². The van der Waals surface area contributed by atoms with Crippen LogP contribution in [0.2, 0.25) is 0 Å². The van der Waals surface area contributed by atoms with E-state index in [0.29, 0.717) is 10.4 Å². The van der Waals surface area contributed by atoms with Crippen LogP contribution < -0.4 is 5.56 Å². The standard InChI is InChI=1S/C8H9BrN4O/c1-5(2)13-7(14)6-10-3-4-12(6)11-8(13)9/h3-5H,1-2H3. The van der Waals surface area contributed by atoms with Crippen LogP contribution in [0.25, 0.3) is 5.65 Å². The fraction of sp³-hybridized carbons (Fsp3) is 0.375. The smallest absolute Gasteiger partial charge is 0.280 e. The fourth-order valence-corrected chi connectivity index (χ4v) is 2.05. The average Bonchev–Trinajstić information content (AvgIpc) is 2.50. The Morgan fingerprint density at radius 2 is 2.21 bits per heavy atom. The lowest BCUT2D eigenvalue weighted by molar-refractivity contribution is 0.541. The molecule has 0 saturated carbocycles. The van der Waals surface area contributed by atoms with Gasteiger partial charge in [-0.2, -0.15) is 0 Å². The Labute approximate surface area is 88.5 Å². The first-order valence-electron chi connectivity index (χ1n) is 4.22. The van der Waals surface area contributed by atoms with Crippen LogP contribution in [0, 0.1) is 0 Å². The molecule has 0 aliphatic heterocycles. The number of imidazole rings is 1. The second-order valence-electron chi connectivity index (χ2n) is 3.23. The van der Waals surface area contributed by atoms with Gasteiger partial charge in [0.15, 0.2) is 4.73 Å². The Kier molecular flexibility index (Phi) is 2.14. The molecule has 0 unspecified atom stereocenters. The zero-order valence-corrected chi connectivity index (χ0v) is 9.39. The van der Waals surface area contributed by atoms with Crippen molar-refractivity contribution in [3.8, 4) is 0 Å². The molecule has 2 rings (SSSR count). The van der Waals surface area contributed by atoms with E-state index in [9.17, 15) is 4.79 Å². The summed E-state index contributed by atoms with van der Waals surface area (Å²) in [5, 5.41) is 4.15. The van der Waals surface area contributed by atoms with E-state index in [-0.39, 0.29) is 11.6 Å². The largest absolute Gasteiger partial charge is 0.297 e. The molecular weight excluding hydrogens is 248 g/mol. The van der Waals surface area contributed by atoms with Gasteiger partial charge in [-0.15, -0.1) is 5.10 Å². The van der Waals surface area contributed by atoms with Gasteiger partial charge < -0.3 is 0 Å². The SMILES string of the molecule is CC(C)n1c(Br)nn2ccnc2c1=O. The summed E-state index contributed by atoms with van der Waals surface area (Å²) >= 11 is 3.26. The van der Waals surface area contributed by atoms with Gasteiger partial charge in [0.1, 0.15) is 0 Å². The van der Waals surface area contributed by atoms with Gasteiger partial charge in [-0.25, -0.2) is 9.50 Å². The van der Waals surface area contributed by atoms with Crippen molar-refractivity contribution in [3.05, 3.63) is 27.5 Å². The molecule has 0 radical (unpaired) electrons. The monoisotopic (exact) mass is 256 g/mol. The molecule has 2 aromatic heterocycles. The highest BCUT2D eigenvalue weighted by molar-refractivity contribution is 9.10. The Balaban J connectivity index is 2.90. The topological polar surface area (TPSA) is 52.2 Å². The molecule has 0 aliphatic rings. The minimum Gasteiger partial charge on any atom is -0.280 e. The first kappa shape index (κ1) is 9.39. The molecule has 0 saturated heterocycles. The third kappa shape index (κ3) is 1.26. The summed E-state index contributed by atoms with van der Waals surface area (Å²) in [5.74, 6) is 0. The maximum Gasteiger partial charge on any atom is 0.297 e. The first-order valence-corrected chi connectivity index (χ1v) is 5.02. The third-order valence-corrected chi connectivity index (χ3v) is 2.48. The van der Waals surface area contributed by atoms with Crippen molar-refractivity contribution in [2.45, 2.75) is 19.9 Å². The van der Waals surface area contributed by atoms with Crippen molar-refractivity contribution in [2.24, 2.45) is 0 Å². The van der Waals surface area contributed by atoms with E-state index >= 15 is 0 Å². The minimum atomic E-state index is -0.133. The van der Waals surface area contributed by atoms with Crippen molar-refractivity contribution in [1.29, 1.82) is 0 Å². The van der Waals surface area contributed by atoms with E-state index < -0.39 is 0 Å². The minimum absolute atomic E-state index is 0.0612. The van der Waals surface area contributed by atoms with Crippen LogP contribution in [0.15, 0.2) is 21.9 Å². The summed E-state index contributed by atoms with van der Waals surface area (Å²) in [6.45, 7) is 3.85. The lowest BCUT2D eigenvalue weighted by atomic mass is 10.4. The molecule has 14 heavy (non-hydrogen) atoms. The Bertz CT molecular complexity index is 528. The van der Waals surface area contributed by atoms with Gasteiger partial charge in [0.25, 0.3) is 5.56 Å². The molecule has 74 valence electrons. The van der Waals surface area contributed by atoms with Gasteiger partial charge >= 0.3 is 0 Å². The van der Waals surface area contributed by atoms with Crippen LogP contribution in [0.3, 0.4) is 0 Å². The highest BCUT2D eigenvalue weighted by atomic mass is 79.9. The zero-order valence-electron chi connectivity index (χ0n) is 7.81. The molecule has 2 aromatic rings. The van der Waals surface area contributed by atoms with E-state index in [1.807, 2.05) is 13.8 Å². The summed E-state index contributed by atoms with van der Waals surface area (Å²) < 4.78 is 3.54. The van der Waals surface area contributed by atoms with Crippen LogP contribution in [0.4, 0.5) is 0 Å². The van der Waals surface area contributed by atoms with E-state index in [4.69, 9.17) is 0 Å². The molecule has 0 bridgehead atoms. The molecule has 2 heterocycles. The van der Waals surface area contributed by atoms with Crippen molar-refractivity contribution < 1.29 is 0 Å². The molecule has 0 spiro atoms. The van der Waals surface area contributed by atoms with Crippen LogP contribution in [0.1, 0.15) is 19.9 Å².